The molecule has 5 aromatic carbocycles. The van der Waals surface area contributed by atoms with Crippen LogP contribution in [0.5, 0.6) is 0 Å². The Morgan fingerprint density at radius 1 is 0.639 bits per heavy atom. The van der Waals surface area contributed by atoms with E-state index in [2.05, 4.69) is 119 Å². The molecule has 0 bridgehead atoms. The van der Waals surface area contributed by atoms with Crippen LogP contribution >= 0.6 is 0 Å². The minimum Gasteiger partial charge on any atom is -0.456 e. The normalized spacial score (nSPS) is 12.0. The number of hydrogen-bond acceptors (Lipinski definition) is 2. The number of imidazole rings is 2. The highest BCUT2D eigenvalue weighted by Crippen LogP contribution is 2.36. The van der Waals surface area contributed by atoms with Crippen LogP contribution < -0.4 is 0 Å². The maximum absolute atomic E-state index is 6.24. The first-order valence-corrected chi connectivity index (χ1v) is 12.2. The van der Waals surface area contributed by atoms with Crippen molar-refractivity contribution in [3.8, 4) is 16.8 Å². The van der Waals surface area contributed by atoms with Crippen molar-refractivity contribution in [2.75, 3.05) is 0 Å². The van der Waals surface area contributed by atoms with Gasteiger partial charge in [0.1, 0.15) is 11.2 Å². The first-order chi connectivity index (χ1) is 17.8. The van der Waals surface area contributed by atoms with E-state index < -0.39 is 0 Å². The van der Waals surface area contributed by atoms with Gasteiger partial charge in [-0.3, -0.25) is 8.97 Å². The van der Waals surface area contributed by atoms with Gasteiger partial charge in [0.25, 0.3) is 0 Å². The Kier molecular flexibility index (Phi) is 3.84. The molecule has 0 aliphatic rings. The number of aryl methyl sites for hydroxylation is 1. The molecule has 0 atom stereocenters. The molecule has 8 rings (SSSR count). The van der Waals surface area contributed by atoms with Gasteiger partial charge in [-0.05, 0) is 78.2 Å². The maximum atomic E-state index is 6.24. The lowest BCUT2D eigenvalue weighted by atomic mass is 9.99. The Morgan fingerprint density at radius 3 is 2.19 bits per heavy atom. The van der Waals surface area contributed by atoms with E-state index in [0.29, 0.717) is 0 Å². The Bertz CT molecular complexity index is 2120. The lowest BCUT2D eigenvalue weighted by Crippen LogP contribution is -1.94. The maximum Gasteiger partial charge on any atom is 0.220 e. The second-order valence-corrected chi connectivity index (χ2v) is 9.37. The summed E-state index contributed by atoms with van der Waals surface area (Å²) in [4.78, 5) is 5.02. The third-order valence-electron chi connectivity index (χ3n) is 7.27. The third kappa shape index (κ3) is 2.61. The summed E-state index contributed by atoms with van der Waals surface area (Å²) in [7, 11) is 0. The molecule has 4 nitrogen and oxygen atoms in total. The molecule has 8 aromatic rings. The molecule has 0 amide bonds. The number of nitrogens with zero attached hydrogens (tertiary/aromatic N) is 3. The second-order valence-electron chi connectivity index (χ2n) is 9.37. The molecule has 0 fully saturated rings. The number of fused-ring (bicyclic) bond motifs is 8. The van der Waals surface area contributed by atoms with Crippen molar-refractivity contribution in [1.82, 2.24) is 14.0 Å². The van der Waals surface area contributed by atoms with Gasteiger partial charge in [-0.25, -0.2) is 4.98 Å². The molecule has 0 spiro atoms. The molecule has 170 valence electrons. The molecule has 0 unspecified atom stereocenters. The zero-order chi connectivity index (χ0) is 23.8. The standard InChI is InChI=1S/C32H21N3O/c1-20-8-2-3-9-23(20)21-14-16-30-24(18-21)25-19-22(15-17-31(25)36-30)34-28-12-6-7-13-29(28)35-27-11-5-4-10-26(27)33-32(34)35/h2-19H,1H3. The SMILES string of the molecule is Cc1ccccc1-c1ccc2oc3ccc(-n4c5ccccc5n5c6ccccc6nc45)cc3c2c1. The van der Waals surface area contributed by atoms with Crippen molar-refractivity contribution in [3.63, 3.8) is 0 Å². The van der Waals surface area contributed by atoms with Crippen molar-refractivity contribution < 1.29 is 4.42 Å². The van der Waals surface area contributed by atoms with E-state index in [1.807, 2.05) is 6.07 Å². The molecular formula is C32H21N3O. The van der Waals surface area contributed by atoms with E-state index >= 15 is 0 Å². The van der Waals surface area contributed by atoms with Crippen LogP contribution in [-0.4, -0.2) is 14.0 Å². The molecule has 0 N–H and O–H groups in total. The second kappa shape index (κ2) is 7.09. The molecule has 0 saturated heterocycles. The predicted molar refractivity (Wildman–Crippen MR) is 147 cm³/mol. The average Bonchev–Trinajstić information content (AvgIpc) is 3.56. The summed E-state index contributed by atoms with van der Waals surface area (Å²) < 4.78 is 10.7. The lowest BCUT2D eigenvalue weighted by molar-refractivity contribution is 0.669. The first-order valence-electron chi connectivity index (χ1n) is 12.2. The van der Waals surface area contributed by atoms with Gasteiger partial charge in [0.15, 0.2) is 0 Å². The summed E-state index contributed by atoms with van der Waals surface area (Å²) in [6, 6.07) is 38.2. The number of benzene rings is 5. The van der Waals surface area contributed by atoms with Crippen LogP contribution in [0.25, 0.3) is 66.6 Å². The molecule has 0 radical (unpaired) electrons. The predicted octanol–water partition coefficient (Wildman–Crippen LogP) is 8.31. The summed E-state index contributed by atoms with van der Waals surface area (Å²) in [5.41, 5.74) is 10.9. The molecule has 0 aliphatic carbocycles. The number of para-hydroxylation sites is 4. The van der Waals surface area contributed by atoms with Crippen LogP contribution in [0.4, 0.5) is 0 Å². The topological polar surface area (TPSA) is 35.4 Å². The molecule has 0 aliphatic heterocycles. The van der Waals surface area contributed by atoms with Gasteiger partial charge >= 0.3 is 0 Å². The van der Waals surface area contributed by atoms with E-state index in [-0.39, 0.29) is 0 Å². The fourth-order valence-electron chi connectivity index (χ4n) is 5.57. The highest BCUT2D eigenvalue weighted by atomic mass is 16.3. The fraction of sp³-hybridized carbons (Fsp3) is 0.0312. The van der Waals surface area contributed by atoms with E-state index in [4.69, 9.17) is 9.40 Å². The highest BCUT2D eigenvalue weighted by Gasteiger charge is 2.18. The van der Waals surface area contributed by atoms with Crippen LogP contribution in [0.3, 0.4) is 0 Å². The van der Waals surface area contributed by atoms with E-state index in [0.717, 1.165) is 55.5 Å². The number of hydrogen-bond donors (Lipinski definition) is 0. The first kappa shape index (κ1) is 19.5. The largest absolute Gasteiger partial charge is 0.456 e. The van der Waals surface area contributed by atoms with E-state index in [1.54, 1.807) is 0 Å². The summed E-state index contributed by atoms with van der Waals surface area (Å²) in [6.07, 6.45) is 0. The molecule has 3 heterocycles. The minimum atomic E-state index is 0.886. The van der Waals surface area contributed by atoms with Crippen LogP contribution in [0.1, 0.15) is 5.56 Å². The molecule has 0 saturated carbocycles. The smallest absolute Gasteiger partial charge is 0.220 e. The van der Waals surface area contributed by atoms with Crippen LogP contribution in [0.15, 0.2) is 114 Å². The van der Waals surface area contributed by atoms with Gasteiger partial charge in [-0.1, -0.05) is 54.6 Å². The van der Waals surface area contributed by atoms with Crippen LogP contribution in [0, 0.1) is 6.92 Å². The Balaban J connectivity index is 1.42. The van der Waals surface area contributed by atoms with Crippen molar-refractivity contribution >= 4 is 49.8 Å². The summed E-state index contributed by atoms with van der Waals surface area (Å²) in [6.45, 7) is 2.15. The van der Waals surface area contributed by atoms with Crippen LogP contribution in [0.2, 0.25) is 0 Å². The number of aromatic nitrogens is 3. The van der Waals surface area contributed by atoms with Gasteiger partial charge in [-0.15, -0.1) is 0 Å². The Labute approximate surface area is 206 Å². The lowest BCUT2D eigenvalue weighted by Gasteiger charge is -2.06. The average molecular weight is 464 g/mol. The van der Waals surface area contributed by atoms with Crippen molar-refractivity contribution in [3.05, 3.63) is 115 Å². The highest BCUT2D eigenvalue weighted by molar-refractivity contribution is 6.07. The molecule has 4 heteroatoms. The summed E-state index contributed by atoms with van der Waals surface area (Å²) >= 11 is 0. The van der Waals surface area contributed by atoms with E-state index in [1.165, 1.54) is 16.7 Å². The monoisotopic (exact) mass is 463 g/mol. The number of furan rings is 1. The molecule has 3 aromatic heterocycles. The zero-order valence-corrected chi connectivity index (χ0v) is 19.6. The van der Waals surface area contributed by atoms with Crippen LogP contribution in [-0.2, 0) is 0 Å². The summed E-state index contributed by atoms with van der Waals surface area (Å²) in [5.74, 6) is 0.908. The van der Waals surface area contributed by atoms with Gasteiger partial charge in [0, 0.05) is 10.8 Å². The van der Waals surface area contributed by atoms with Gasteiger partial charge in [0.2, 0.25) is 5.78 Å². The van der Waals surface area contributed by atoms with Crippen molar-refractivity contribution in [2.24, 2.45) is 0 Å². The third-order valence-corrected chi connectivity index (χ3v) is 7.27. The molecule has 36 heavy (non-hydrogen) atoms. The zero-order valence-electron chi connectivity index (χ0n) is 19.6. The van der Waals surface area contributed by atoms with E-state index in [9.17, 15) is 0 Å². The fourth-order valence-corrected chi connectivity index (χ4v) is 5.57. The quantitative estimate of drug-likeness (QED) is 0.258. The van der Waals surface area contributed by atoms with Crippen molar-refractivity contribution in [1.29, 1.82) is 0 Å². The summed E-state index contributed by atoms with van der Waals surface area (Å²) in [5, 5.41) is 2.22. The van der Waals surface area contributed by atoms with Gasteiger partial charge in [0.05, 0.1) is 27.8 Å². The molecular weight excluding hydrogens is 442 g/mol. The Morgan fingerprint density at radius 2 is 1.33 bits per heavy atom. The van der Waals surface area contributed by atoms with Gasteiger partial charge in [-0.2, -0.15) is 0 Å². The Hall–Kier alpha value is -4.83. The minimum absolute atomic E-state index is 0.886. The van der Waals surface area contributed by atoms with Gasteiger partial charge < -0.3 is 4.42 Å². The van der Waals surface area contributed by atoms with Crippen molar-refractivity contribution in [2.45, 2.75) is 6.92 Å². The number of rotatable bonds is 2.